The van der Waals surface area contributed by atoms with Gasteiger partial charge in [-0.25, -0.2) is 4.98 Å². The number of carbonyl (C=O) groups excluding carboxylic acids is 1. The molecule has 80 valence electrons. The zero-order valence-electron chi connectivity index (χ0n) is 8.30. The Balaban J connectivity index is 1.50. The third-order valence-electron chi connectivity index (χ3n) is 3.17. The number of hydrogen-bond donors (Lipinski definition) is 1. The highest BCUT2D eigenvalue weighted by Crippen LogP contribution is 2.43. The summed E-state index contributed by atoms with van der Waals surface area (Å²) in [6.45, 7) is 1.97. The second-order valence-corrected chi connectivity index (χ2v) is 4.19. The van der Waals surface area contributed by atoms with Crippen molar-refractivity contribution >= 4 is 5.91 Å². The van der Waals surface area contributed by atoms with Crippen molar-refractivity contribution in [2.75, 3.05) is 13.2 Å². The third-order valence-corrected chi connectivity index (χ3v) is 3.17. The van der Waals surface area contributed by atoms with E-state index in [1.807, 2.05) is 0 Å². The minimum atomic E-state index is 0.0624. The summed E-state index contributed by atoms with van der Waals surface area (Å²) in [4.78, 5) is 15.5. The summed E-state index contributed by atoms with van der Waals surface area (Å²) < 4.78 is 7.03. The predicted octanol–water partition coefficient (Wildman–Crippen LogP) is -0.356. The summed E-state index contributed by atoms with van der Waals surface area (Å²) in [5.41, 5.74) is 0. The lowest BCUT2D eigenvalue weighted by Crippen LogP contribution is -2.32. The molecular formula is C10H13N3O2. The molecule has 1 aliphatic carbocycles. The summed E-state index contributed by atoms with van der Waals surface area (Å²) >= 11 is 0. The number of hydrogen-bond acceptors (Lipinski definition) is 3. The van der Waals surface area contributed by atoms with Gasteiger partial charge in [-0.1, -0.05) is 0 Å². The lowest BCUT2D eigenvalue weighted by molar-refractivity contribution is -0.122. The molecule has 2 aliphatic rings. The molecule has 1 aliphatic heterocycles. The first-order valence-electron chi connectivity index (χ1n) is 5.17. The van der Waals surface area contributed by atoms with Gasteiger partial charge in [0.1, 0.15) is 6.54 Å². The van der Waals surface area contributed by atoms with Gasteiger partial charge in [0.25, 0.3) is 0 Å². The van der Waals surface area contributed by atoms with Crippen molar-refractivity contribution in [3.63, 3.8) is 0 Å². The number of ether oxygens (including phenoxy) is 1. The number of amides is 1. The van der Waals surface area contributed by atoms with Crippen molar-refractivity contribution in [3.8, 4) is 0 Å². The highest BCUT2D eigenvalue weighted by atomic mass is 16.5. The second-order valence-electron chi connectivity index (χ2n) is 4.19. The summed E-state index contributed by atoms with van der Waals surface area (Å²) in [6, 6.07) is 0.356. The standard InChI is InChI=1S/C10H13N3O2/c14-9(3-13-2-1-11-6-13)12-10-7-4-15-5-8(7)10/h1-2,6-8,10H,3-5H2,(H,12,14)/t7-,8+,10?. The number of imidazole rings is 1. The number of fused-ring (bicyclic) bond motifs is 1. The molecule has 15 heavy (non-hydrogen) atoms. The minimum Gasteiger partial charge on any atom is -0.381 e. The molecule has 2 heterocycles. The SMILES string of the molecule is O=C(Cn1ccnc1)NC1[C@H]2COC[C@@H]12. The van der Waals surface area contributed by atoms with E-state index in [0.717, 1.165) is 13.2 Å². The molecule has 0 bridgehead atoms. The van der Waals surface area contributed by atoms with E-state index in [1.54, 1.807) is 23.3 Å². The van der Waals surface area contributed by atoms with Crippen molar-refractivity contribution in [2.45, 2.75) is 12.6 Å². The molecule has 3 atom stereocenters. The van der Waals surface area contributed by atoms with Crippen molar-refractivity contribution in [1.82, 2.24) is 14.9 Å². The zero-order chi connectivity index (χ0) is 10.3. The zero-order valence-corrected chi connectivity index (χ0v) is 8.30. The molecule has 0 radical (unpaired) electrons. The maximum atomic E-state index is 11.6. The average molecular weight is 207 g/mol. The first-order chi connectivity index (χ1) is 7.34. The van der Waals surface area contributed by atoms with Crippen molar-refractivity contribution in [2.24, 2.45) is 11.8 Å². The van der Waals surface area contributed by atoms with Crippen molar-refractivity contribution in [1.29, 1.82) is 0 Å². The van der Waals surface area contributed by atoms with Gasteiger partial charge in [0.05, 0.1) is 19.5 Å². The van der Waals surface area contributed by atoms with E-state index in [4.69, 9.17) is 4.74 Å². The monoisotopic (exact) mass is 207 g/mol. The first-order valence-corrected chi connectivity index (χ1v) is 5.17. The molecule has 1 amide bonds. The fourth-order valence-corrected chi connectivity index (χ4v) is 2.23. The van der Waals surface area contributed by atoms with E-state index in [0.29, 0.717) is 24.4 Å². The highest BCUT2D eigenvalue weighted by Gasteiger charge is 2.54. The maximum Gasteiger partial charge on any atom is 0.240 e. The Morgan fingerprint density at radius 1 is 1.53 bits per heavy atom. The first kappa shape index (κ1) is 8.91. The van der Waals surface area contributed by atoms with Crippen LogP contribution in [0.25, 0.3) is 0 Å². The lowest BCUT2D eigenvalue weighted by Gasteiger charge is -2.07. The van der Waals surface area contributed by atoms with E-state index >= 15 is 0 Å². The molecule has 0 aromatic carbocycles. The maximum absolute atomic E-state index is 11.6. The van der Waals surface area contributed by atoms with Crippen LogP contribution >= 0.6 is 0 Å². The second kappa shape index (κ2) is 3.34. The highest BCUT2D eigenvalue weighted by molar-refractivity contribution is 5.76. The Kier molecular flexibility index (Phi) is 1.98. The molecule has 1 aromatic heterocycles. The van der Waals surface area contributed by atoms with Gasteiger partial charge in [0, 0.05) is 30.3 Å². The summed E-state index contributed by atoms with van der Waals surface area (Å²) in [7, 11) is 0. The Morgan fingerprint density at radius 3 is 3.00 bits per heavy atom. The van der Waals surface area contributed by atoms with E-state index in [-0.39, 0.29) is 5.91 Å². The third kappa shape index (κ3) is 1.63. The predicted molar refractivity (Wildman–Crippen MR) is 52.0 cm³/mol. The van der Waals surface area contributed by atoms with E-state index in [1.165, 1.54) is 0 Å². The average Bonchev–Trinajstić information content (AvgIpc) is 2.65. The topological polar surface area (TPSA) is 56.2 Å². The molecule has 2 fully saturated rings. The molecule has 5 nitrogen and oxygen atoms in total. The quantitative estimate of drug-likeness (QED) is 0.736. The fourth-order valence-electron chi connectivity index (χ4n) is 2.23. The van der Waals surface area contributed by atoms with Crippen LogP contribution in [0.5, 0.6) is 0 Å². The largest absolute Gasteiger partial charge is 0.381 e. The number of carbonyl (C=O) groups is 1. The lowest BCUT2D eigenvalue weighted by atomic mass is 10.4. The Labute approximate surface area is 87.4 Å². The van der Waals surface area contributed by atoms with Crippen LogP contribution in [-0.4, -0.2) is 34.7 Å². The van der Waals surface area contributed by atoms with Crippen molar-refractivity contribution in [3.05, 3.63) is 18.7 Å². The summed E-state index contributed by atoms with van der Waals surface area (Å²) in [5, 5.41) is 3.03. The summed E-state index contributed by atoms with van der Waals surface area (Å²) in [5.74, 6) is 1.20. The number of aromatic nitrogens is 2. The number of nitrogens with zero attached hydrogens (tertiary/aromatic N) is 2. The van der Waals surface area contributed by atoms with Gasteiger partial charge < -0.3 is 14.6 Å². The summed E-state index contributed by atoms with van der Waals surface area (Å²) in [6.07, 6.45) is 5.11. The fraction of sp³-hybridized carbons (Fsp3) is 0.600. The van der Waals surface area contributed by atoms with Gasteiger partial charge >= 0.3 is 0 Å². The van der Waals surface area contributed by atoms with Crippen LogP contribution in [0.2, 0.25) is 0 Å². The van der Waals surface area contributed by atoms with E-state index < -0.39 is 0 Å². The van der Waals surface area contributed by atoms with Crippen LogP contribution < -0.4 is 5.32 Å². The molecule has 1 saturated heterocycles. The Morgan fingerprint density at radius 2 is 2.33 bits per heavy atom. The van der Waals surface area contributed by atoms with Gasteiger partial charge in [0.2, 0.25) is 5.91 Å². The van der Waals surface area contributed by atoms with Gasteiger partial charge in [-0.3, -0.25) is 4.79 Å². The molecule has 1 aromatic rings. The number of nitrogens with one attached hydrogen (secondary N) is 1. The molecule has 5 heteroatoms. The van der Waals surface area contributed by atoms with Crippen LogP contribution in [0.3, 0.4) is 0 Å². The van der Waals surface area contributed by atoms with Crippen LogP contribution in [-0.2, 0) is 16.1 Å². The van der Waals surface area contributed by atoms with Crippen LogP contribution in [0.1, 0.15) is 0 Å². The Hall–Kier alpha value is -1.36. The molecule has 1 unspecified atom stereocenters. The van der Waals surface area contributed by atoms with Crippen molar-refractivity contribution < 1.29 is 9.53 Å². The van der Waals surface area contributed by atoms with Gasteiger partial charge in [-0.15, -0.1) is 0 Å². The molecular weight excluding hydrogens is 194 g/mol. The van der Waals surface area contributed by atoms with Gasteiger partial charge in [-0.05, 0) is 0 Å². The molecule has 3 rings (SSSR count). The minimum absolute atomic E-state index is 0.0624. The molecule has 1 saturated carbocycles. The van der Waals surface area contributed by atoms with Gasteiger partial charge in [-0.2, -0.15) is 0 Å². The van der Waals surface area contributed by atoms with Crippen LogP contribution in [0.4, 0.5) is 0 Å². The Bertz CT molecular complexity index is 353. The van der Waals surface area contributed by atoms with Crippen LogP contribution in [0, 0.1) is 11.8 Å². The normalized spacial score (nSPS) is 32.4. The van der Waals surface area contributed by atoms with E-state index in [9.17, 15) is 4.79 Å². The van der Waals surface area contributed by atoms with E-state index in [2.05, 4.69) is 10.3 Å². The number of rotatable bonds is 3. The van der Waals surface area contributed by atoms with Gasteiger partial charge in [0.15, 0.2) is 0 Å². The van der Waals surface area contributed by atoms with Crippen LogP contribution in [0.15, 0.2) is 18.7 Å². The smallest absolute Gasteiger partial charge is 0.240 e. The molecule has 0 spiro atoms. The molecule has 1 N–H and O–H groups in total.